The van der Waals surface area contributed by atoms with E-state index in [9.17, 15) is 13.2 Å². The SMILES string of the molecule is CS(=O)(=O)NCc1ncc(Cc2cc3ccccc3[nH]c2=O)cc1Cl. The van der Waals surface area contributed by atoms with Gasteiger partial charge in [-0.2, -0.15) is 0 Å². The van der Waals surface area contributed by atoms with Crippen LogP contribution in [0, 0.1) is 0 Å². The molecule has 2 heterocycles. The Bertz CT molecular complexity index is 1090. The lowest BCUT2D eigenvalue weighted by Crippen LogP contribution is -2.22. The van der Waals surface area contributed by atoms with Gasteiger partial charge in [0, 0.05) is 23.7 Å². The molecule has 130 valence electrons. The molecular weight excluding hydrogens is 362 g/mol. The van der Waals surface area contributed by atoms with Gasteiger partial charge in [-0.3, -0.25) is 9.78 Å². The van der Waals surface area contributed by atoms with Crippen LogP contribution >= 0.6 is 11.6 Å². The van der Waals surface area contributed by atoms with Crippen molar-refractivity contribution in [2.24, 2.45) is 0 Å². The zero-order chi connectivity index (χ0) is 18.0. The molecule has 0 amide bonds. The molecule has 6 nitrogen and oxygen atoms in total. The number of H-pyrrole nitrogens is 1. The first-order valence-corrected chi connectivity index (χ1v) is 9.77. The fraction of sp³-hybridized carbons (Fsp3) is 0.176. The largest absolute Gasteiger partial charge is 0.322 e. The van der Waals surface area contributed by atoms with Gasteiger partial charge in [0.25, 0.3) is 5.56 Å². The third kappa shape index (κ3) is 4.45. The highest BCUT2D eigenvalue weighted by atomic mass is 35.5. The van der Waals surface area contributed by atoms with Crippen molar-refractivity contribution >= 4 is 32.5 Å². The normalized spacial score (nSPS) is 11.8. The van der Waals surface area contributed by atoms with Gasteiger partial charge in [-0.15, -0.1) is 0 Å². The monoisotopic (exact) mass is 377 g/mol. The molecule has 1 aromatic carbocycles. The van der Waals surface area contributed by atoms with Crippen LogP contribution in [-0.2, 0) is 23.0 Å². The highest BCUT2D eigenvalue weighted by molar-refractivity contribution is 7.88. The summed E-state index contributed by atoms with van der Waals surface area (Å²) in [5.41, 5.74) is 2.45. The molecule has 0 aliphatic heterocycles. The van der Waals surface area contributed by atoms with Gasteiger partial charge in [-0.1, -0.05) is 29.8 Å². The average molecular weight is 378 g/mol. The summed E-state index contributed by atoms with van der Waals surface area (Å²) in [6.45, 7) is 0.0223. The summed E-state index contributed by atoms with van der Waals surface area (Å²) in [7, 11) is -3.32. The van der Waals surface area contributed by atoms with Gasteiger partial charge in [0.1, 0.15) is 0 Å². The van der Waals surface area contributed by atoms with Crippen molar-refractivity contribution in [1.82, 2.24) is 14.7 Å². The van der Waals surface area contributed by atoms with E-state index in [0.29, 0.717) is 22.7 Å². The molecule has 0 aliphatic carbocycles. The molecule has 2 aromatic heterocycles. The van der Waals surface area contributed by atoms with Crippen LogP contribution in [0.1, 0.15) is 16.8 Å². The summed E-state index contributed by atoms with van der Waals surface area (Å²) in [6.07, 6.45) is 3.05. The van der Waals surface area contributed by atoms with Crippen LogP contribution < -0.4 is 10.3 Å². The van der Waals surface area contributed by atoms with Crippen LogP contribution in [0.2, 0.25) is 5.02 Å². The van der Waals surface area contributed by atoms with Crippen molar-refractivity contribution in [2.75, 3.05) is 6.26 Å². The van der Waals surface area contributed by atoms with Crippen molar-refractivity contribution in [3.63, 3.8) is 0 Å². The molecule has 8 heteroatoms. The van der Waals surface area contributed by atoms with E-state index in [1.165, 1.54) is 0 Å². The number of nitrogens with zero attached hydrogens (tertiary/aromatic N) is 1. The standard InChI is InChI=1S/C17H16ClN3O3S/c1-25(23,24)20-10-16-14(18)7-11(9-19-16)6-13-8-12-4-2-3-5-15(12)21-17(13)22/h2-5,7-9,20H,6,10H2,1H3,(H,21,22). The molecular formula is C17H16ClN3O3S. The number of hydrogen-bond acceptors (Lipinski definition) is 4. The minimum absolute atomic E-state index is 0.0223. The Morgan fingerprint density at radius 2 is 2.00 bits per heavy atom. The van der Waals surface area contributed by atoms with Gasteiger partial charge < -0.3 is 4.98 Å². The van der Waals surface area contributed by atoms with Crippen LogP contribution in [0.4, 0.5) is 0 Å². The lowest BCUT2D eigenvalue weighted by atomic mass is 10.1. The summed E-state index contributed by atoms with van der Waals surface area (Å²) in [6, 6.07) is 11.1. The smallest absolute Gasteiger partial charge is 0.251 e. The molecule has 0 aliphatic rings. The molecule has 0 fully saturated rings. The summed E-state index contributed by atoms with van der Waals surface area (Å²) < 4.78 is 24.6. The van der Waals surface area contributed by atoms with Gasteiger partial charge in [0.05, 0.1) is 23.5 Å². The molecule has 0 saturated carbocycles. The molecule has 0 radical (unpaired) electrons. The van der Waals surface area contributed by atoms with Gasteiger partial charge in [0.2, 0.25) is 10.0 Å². The Labute approximate surface area is 149 Å². The molecule has 2 N–H and O–H groups in total. The Hall–Kier alpha value is -2.22. The quantitative estimate of drug-likeness (QED) is 0.713. The highest BCUT2D eigenvalue weighted by Gasteiger charge is 2.09. The van der Waals surface area contributed by atoms with Crippen molar-refractivity contribution < 1.29 is 8.42 Å². The molecule has 3 rings (SSSR count). The third-order valence-corrected chi connectivity index (χ3v) is 4.70. The van der Waals surface area contributed by atoms with Gasteiger partial charge in [-0.25, -0.2) is 13.1 Å². The fourth-order valence-corrected chi connectivity index (χ4v) is 3.13. The van der Waals surface area contributed by atoms with E-state index in [-0.39, 0.29) is 12.1 Å². The summed E-state index contributed by atoms with van der Waals surface area (Å²) >= 11 is 6.18. The maximum Gasteiger partial charge on any atom is 0.251 e. The zero-order valence-corrected chi connectivity index (χ0v) is 15.0. The topological polar surface area (TPSA) is 91.9 Å². The maximum absolute atomic E-state index is 12.2. The number of pyridine rings is 2. The summed E-state index contributed by atoms with van der Waals surface area (Å²) in [5, 5.41) is 1.30. The van der Waals surface area contributed by atoms with E-state index in [1.807, 2.05) is 30.3 Å². The van der Waals surface area contributed by atoms with Gasteiger partial charge >= 0.3 is 0 Å². The lowest BCUT2D eigenvalue weighted by Gasteiger charge is -2.07. The number of hydrogen-bond donors (Lipinski definition) is 2. The van der Waals surface area contributed by atoms with E-state index in [1.54, 1.807) is 12.3 Å². The fourth-order valence-electron chi connectivity index (χ4n) is 2.48. The first-order chi connectivity index (χ1) is 11.8. The van der Waals surface area contributed by atoms with Gasteiger partial charge in [-0.05, 0) is 29.1 Å². The zero-order valence-electron chi connectivity index (χ0n) is 13.4. The third-order valence-electron chi connectivity index (χ3n) is 3.70. The molecule has 0 unspecified atom stereocenters. The Morgan fingerprint density at radius 1 is 1.24 bits per heavy atom. The number of aromatic nitrogens is 2. The van der Waals surface area contributed by atoms with E-state index < -0.39 is 10.0 Å². The molecule has 3 aromatic rings. The highest BCUT2D eigenvalue weighted by Crippen LogP contribution is 2.18. The number of aromatic amines is 1. The van der Waals surface area contributed by atoms with Crippen molar-refractivity contribution in [1.29, 1.82) is 0 Å². The summed E-state index contributed by atoms with van der Waals surface area (Å²) in [5.74, 6) is 0. The van der Waals surface area contributed by atoms with Crippen LogP contribution in [-0.4, -0.2) is 24.6 Å². The minimum Gasteiger partial charge on any atom is -0.322 e. The van der Waals surface area contributed by atoms with Crippen molar-refractivity contribution in [3.8, 4) is 0 Å². The van der Waals surface area contributed by atoms with Crippen molar-refractivity contribution in [3.05, 3.63) is 74.8 Å². The van der Waals surface area contributed by atoms with E-state index >= 15 is 0 Å². The van der Waals surface area contributed by atoms with E-state index in [0.717, 1.165) is 22.7 Å². The molecule has 0 saturated heterocycles. The molecule has 0 atom stereocenters. The average Bonchev–Trinajstić information content (AvgIpc) is 2.54. The first-order valence-electron chi connectivity index (χ1n) is 7.51. The van der Waals surface area contributed by atoms with Crippen molar-refractivity contribution in [2.45, 2.75) is 13.0 Å². The Morgan fingerprint density at radius 3 is 2.72 bits per heavy atom. The molecule has 0 bridgehead atoms. The second kappa shape index (κ2) is 6.95. The Kier molecular flexibility index (Phi) is 4.89. The van der Waals surface area contributed by atoms with Crippen LogP contribution in [0.15, 0.2) is 47.4 Å². The summed E-state index contributed by atoms with van der Waals surface area (Å²) in [4.78, 5) is 19.3. The molecule has 0 spiro atoms. The van der Waals surface area contributed by atoms with Crippen LogP contribution in [0.25, 0.3) is 10.9 Å². The minimum atomic E-state index is -3.32. The second-order valence-electron chi connectivity index (χ2n) is 5.75. The molecule has 25 heavy (non-hydrogen) atoms. The predicted molar refractivity (Wildman–Crippen MR) is 98.3 cm³/mol. The van der Waals surface area contributed by atoms with E-state index in [2.05, 4.69) is 14.7 Å². The van der Waals surface area contributed by atoms with Crippen LogP contribution in [0.5, 0.6) is 0 Å². The number of rotatable bonds is 5. The predicted octanol–water partition coefficient (Wildman–Crippen LogP) is 2.22. The number of halogens is 1. The number of para-hydroxylation sites is 1. The number of nitrogens with one attached hydrogen (secondary N) is 2. The second-order valence-corrected chi connectivity index (χ2v) is 7.99. The first kappa shape index (κ1) is 17.6. The lowest BCUT2D eigenvalue weighted by molar-refractivity contribution is 0.586. The van der Waals surface area contributed by atoms with Gasteiger partial charge in [0.15, 0.2) is 0 Å². The Balaban J connectivity index is 1.85. The number of sulfonamides is 1. The maximum atomic E-state index is 12.2. The number of benzene rings is 1. The number of fused-ring (bicyclic) bond motifs is 1. The van der Waals surface area contributed by atoms with Crippen LogP contribution in [0.3, 0.4) is 0 Å². The van der Waals surface area contributed by atoms with E-state index in [4.69, 9.17) is 11.6 Å².